The van der Waals surface area contributed by atoms with Crippen LogP contribution in [0.25, 0.3) is 0 Å². The summed E-state index contributed by atoms with van der Waals surface area (Å²) in [6.45, 7) is 14.8. The van der Waals surface area contributed by atoms with Crippen LogP contribution in [-0.4, -0.2) is 21.4 Å². The molecule has 2 N–H and O–H groups in total. The standard InChI is InChI=1S/C20H36O2/c1-7-18(5,21)13-14-20(22)15(2)9-10-16-17(3,4)11-8-12-19(16,20)6/h7,15-16,21-22H,1,8-14H2,2-6H3/t15-,16+,18-,19+,20-/m1/s1. The minimum Gasteiger partial charge on any atom is -0.389 e. The Morgan fingerprint density at radius 3 is 2.45 bits per heavy atom. The van der Waals surface area contributed by atoms with Crippen LogP contribution < -0.4 is 0 Å². The maximum Gasteiger partial charge on any atom is 0.0798 e. The van der Waals surface area contributed by atoms with E-state index in [2.05, 4.69) is 34.3 Å². The van der Waals surface area contributed by atoms with Gasteiger partial charge in [-0.3, -0.25) is 0 Å². The van der Waals surface area contributed by atoms with E-state index in [0.717, 1.165) is 12.8 Å². The first-order valence-corrected chi connectivity index (χ1v) is 9.07. The molecule has 0 spiro atoms. The van der Waals surface area contributed by atoms with Gasteiger partial charge in [0.2, 0.25) is 0 Å². The molecule has 0 aromatic carbocycles. The zero-order chi connectivity index (χ0) is 16.8. The summed E-state index contributed by atoms with van der Waals surface area (Å²) in [6, 6.07) is 0. The van der Waals surface area contributed by atoms with Crippen LogP contribution in [0.1, 0.15) is 79.6 Å². The van der Waals surface area contributed by atoms with Gasteiger partial charge in [0.05, 0.1) is 11.2 Å². The van der Waals surface area contributed by atoms with Crippen LogP contribution in [0, 0.1) is 22.7 Å². The average Bonchev–Trinajstić information content (AvgIpc) is 2.42. The van der Waals surface area contributed by atoms with Crippen molar-refractivity contribution >= 4 is 0 Å². The Bertz CT molecular complexity index is 425. The van der Waals surface area contributed by atoms with E-state index in [0.29, 0.717) is 30.1 Å². The number of hydrogen-bond donors (Lipinski definition) is 2. The van der Waals surface area contributed by atoms with Gasteiger partial charge in [0.15, 0.2) is 0 Å². The van der Waals surface area contributed by atoms with E-state index in [1.807, 2.05) is 0 Å². The first-order chi connectivity index (χ1) is 9.98. The lowest BCUT2D eigenvalue weighted by molar-refractivity contribution is -0.215. The normalized spacial score (nSPS) is 44.0. The molecule has 0 saturated heterocycles. The Morgan fingerprint density at radius 1 is 1.23 bits per heavy atom. The van der Waals surface area contributed by atoms with Crippen molar-refractivity contribution in [2.24, 2.45) is 22.7 Å². The molecule has 2 fully saturated rings. The molecule has 2 heteroatoms. The van der Waals surface area contributed by atoms with E-state index in [-0.39, 0.29) is 5.41 Å². The zero-order valence-electron chi connectivity index (χ0n) is 15.3. The zero-order valence-corrected chi connectivity index (χ0v) is 15.3. The van der Waals surface area contributed by atoms with Crippen molar-refractivity contribution in [3.63, 3.8) is 0 Å². The third-order valence-corrected chi connectivity index (χ3v) is 7.37. The van der Waals surface area contributed by atoms with Gasteiger partial charge in [-0.05, 0) is 68.1 Å². The van der Waals surface area contributed by atoms with Crippen LogP contribution in [0.4, 0.5) is 0 Å². The summed E-state index contributed by atoms with van der Waals surface area (Å²) in [5, 5.41) is 22.0. The molecule has 2 rings (SSSR count). The van der Waals surface area contributed by atoms with E-state index in [9.17, 15) is 10.2 Å². The van der Waals surface area contributed by atoms with E-state index in [1.54, 1.807) is 13.0 Å². The second-order valence-electron chi connectivity index (χ2n) is 9.28. The van der Waals surface area contributed by atoms with Gasteiger partial charge >= 0.3 is 0 Å². The van der Waals surface area contributed by atoms with Gasteiger partial charge in [0.25, 0.3) is 0 Å². The van der Waals surface area contributed by atoms with E-state index in [4.69, 9.17) is 0 Å². The predicted molar refractivity (Wildman–Crippen MR) is 92.6 cm³/mol. The van der Waals surface area contributed by atoms with Crippen LogP contribution in [0.15, 0.2) is 12.7 Å². The van der Waals surface area contributed by atoms with Crippen molar-refractivity contribution in [3.05, 3.63) is 12.7 Å². The summed E-state index contributed by atoms with van der Waals surface area (Å²) in [5.41, 5.74) is -1.30. The lowest BCUT2D eigenvalue weighted by Crippen LogP contribution is -2.62. The van der Waals surface area contributed by atoms with Crippen LogP contribution >= 0.6 is 0 Å². The lowest BCUT2D eigenvalue weighted by atomic mass is 9.44. The number of aliphatic hydroxyl groups is 2. The van der Waals surface area contributed by atoms with Crippen molar-refractivity contribution in [2.45, 2.75) is 90.8 Å². The highest BCUT2D eigenvalue weighted by Crippen LogP contribution is 2.63. The molecule has 2 aliphatic rings. The SMILES string of the molecule is C=C[C@@](C)(O)CC[C@@]1(O)[C@H](C)CC[C@H]2C(C)(C)CCC[C@@]21C. The molecular weight excluding hydrogens is 272 g/mol. The van der Waals surface area contributed by atoms with Crippen LogP contribution in [0.5, 0.6) is 0 Å². The summed E-state index contributed by atoms with van der Waals surface area (Å²) >= 11 is 0. The van der Waals surface area contributed by atoms with Crippen LogP contribution in [0.3, 0.4) is 0 Å². The van der Waals surface area contributed by atoms with Gasteiger partial charge in [-0.1, -0.05) is 40.2 Å². The van der Waals surface area contributed by atoms with E-state index < -0.39 is 11.2 Å². The number of fused-ring (bicyclic) bond motifs is 1. The van der Waals surface area contributed by atoms with Crippen molar-refractivity contribution in [2.75, 3.05) is 0 Å². The predicted octanol–water partition coefficient (Wildman–Crippen LogP) is 4.70. The number of rotatable bonds is 4. The molecule has 0 aromatic rings. The molecule has 22 heavy (non-hydrogen) atoms. The molecule has 0 bridgehead atoms. The molecule has 2 saturated carbocycles. The van der Waals surface area contributed by atoms with Crippen LogP contribution in [-0.2, 0) is 0 Å². The Labute approximate surface area is 137 Å². The summed E-state index contributed by atoms with van der Waals surface area (Å²) in [4.78, 5) is 0. The largest absolute Gasteiger partial charge is 0.389 e. The molecule has 5 atom stereocenters. The van der Waals surface area contributed by atoms with Gasteiger partial charge in [0.1, 0.15) is 0 Å². The maximum atomic E-state index is 11.7. The van der Waals surface area contributed by atoms with Crippen molar-refractivity contribution in [1.82, 2.24) is 0 Å². The third kappa shape index (κ3) is 2.78. The first kappa shape index (κ1) is 18.0. The van der Waals surface area contributed by atoms with E-state index in [1.165, 1.54) is 19.3 Å². The highest BCUT2D eigenvalue weighted by atomic mass is 16.3. The Hall–Kier alpha value is -0.340. The highest BCUT2D eigenvalue weighted by Gasteiger charge is 2.61. The monoisotopic (exact) mass is 308 g/mol. The Morgan fingerprint density at radius 2 is 1.86 bits per heavy atom. The summed E-state index contributed by atoms with van der Waals surface area (Å²) in [7, 11) is 0. The van der Waals surface area contributed by atoms with Gasteiger partial charge in [-0.25, -0.2) is 0 Å². The fourth-order valence-corrected chi connectivity index (χ4v) is 5.65. The maximum absolute atomic E-state index is 11.7. The minimum atomic E-state index is -0.886. The fourth-order valence-electron chi connectivity index (χ4n) is 5.65. The fraction of sp³-hybridized carbons (Fsp3) is 0.900. The van der Waals surface area contributed by atoms with E-state index >= 15 is 0 Å². The summed E-state index contributed by atoms with van der Waals surface area (Å²) < 4.78 is 0. The molecule has 2 aliphatic carbocycles. The van der Waals surface area contributed by atoms with Crippen molar-refractivity contribution in [1.29, 1.82) is 0 Å². The lowest BCUT2D eigenvalue weighted by Gasteiger charge is -2.63. The molecule has 0 radical (unpaired) electrons. The highest BCUT2D eigenvalue weighted by molar-refractivity contribution is 5.11. The Balaban J connectivity index is 2.32. The van der Waals surface area contributed by atoms with Gasteiger partial charge in [-0.15, -0.1) is 6.58 Å². The van der Waals surface area contributed by atoms with Gasteiger partial charge in [0, 0.05) is 0 Å². The second-order valence-corrected chi connectivity index (χ2v) is 9.28. The van der Waals surface area contributed by atoms with Crippen LogP contribution in [0.2, 0.25) is 0 Å². The molecule has 128 valence electrons. The van der Waals surface area contributed by atoms with Crippen molar-refractivity contribution < 1.29 is 10.2 Å². The van der Waals surface area contributed by atoms with Gasteiger partial charge in [-0.2, -0.15) is 0 Å². The van der Waals surface area contributed by atoms with Crippen molar-refractivity contribution in [3.8, 4) is 0 Å². The second kappa shape index (κ2) is 5.63. The first-order valence-electron chi connectivity index (χ1n) is 9.07. The summed E-state index contributed by atoms with van der Waals surface area (Å²) in [5.74, 6) is 0.867. The third-order valence-electron chi connectivity index (χ3n) is 7.37. The molecule has 0 unspecified atom stereocenters. The smallest absolute Gasteiger partial charge is 0.0798 e. The molecule has 0 amide bonds. The molecule has 0 heterocycles. The Kier molecular flexibility index (Phi) is 4.61. The summed E-state index contributed by atoms with van der Waals surface area (Å²) in [6.07, 6.45) is 8.75. The number of hydrogen-bond acceptors (Lipinski definition) is 2. The quantitative estimate of drug-likeness (QED) is 0.739. The topological polar surface area (TPSA) is 40.5 Å². The molecule has 0 aliphatic heterocycles. The average molecular weight is 309 g/mol. The minimum absolute atomic E-state index is 0.0380. The molecular formula is C20H36O2. The molecule has 0 aromatic heterocycles. The van der Waals surface area contributed by atoms with Gasteiger partial charge < -0.3 is 10.2 Å². The molecule has 2 nitrogen and oxygen atoms in total.